The minimum Gasteiger partial charge on any atom is -0.398 e. The van der Waals surface area contributed by atoms with Crippen LogP contribution in [-0.2, 0) is 18.3 Å². The van der Waals surface area contributed by atoms with Gasteiger partial charge in [-0.15, -0.1) is 0 Å². The average molecular weight is 275 g/mol. The molecule has 0 spiro atoms. The molecule has 0 N–H and O–H groups in total. The highest BCUT2D eigenvalue weighted by atomic mass is 28.4. The van der Waals surface area contributed by atoms with Gasteiger partial charge in [-0.1, -0.05) is 0 Å². The van der Waals surface area contributed by atoms with Crippen molar-refractivity contribution in [2.24, 2.45) is 0 Å². The third-order valence-corrected chi connectivity index (χ3v) is 6.59. The van der Waals surface area contributed by atoms with E-state index >= 15 is 0 Å². The maximum atomic E-state index is 6.24. The van der Waals surface area contributed by atoms with Crippen LogP contribution >= 0.6 is 0 Å². The summed E-state index contributed by atoms with van der Waals surface area (Å²) in [5, 5.41) is 0. The molecule has 0 aromatic rings. The maximum absolute atomic E-state index is 6.24. The molecule has 6 heteroatoms. The summed E-state index contributed by atoms with van der Waals surface area (Å²) >= 11 is 0. The van der Waals surface area contributed by atoms with Crippen molar-refractivity contribution in [1.82, 2.24) is 4.90 Å². The molecule has 0 bridgehead atoms. The number of ether oxygens (including phenoxy) is 2. The minimum absolute atomic E-state index is 0.139. The highest BCUT2D eigenvalue weighted by molar-refractivity contribution is 6.66. The number of hydrogen-bond acceptors (Lipinski definition) is 5. The zero-order chi connectivity index (χ0) is 12.8. The summed E-state index contributed by atoms with van der Waals surface area (Å²) in [6, 6.07) is 1.02. The normalized spacial score (nSPS) is 36.0. The fourth-order valence-electron chi connectivity index (χ4n) is 2.47. The van der Waals surface area contributed by atoms with Crippen LogP contribution in [0.3, 0.4) is 0 Å². The van der Waals surface area contributed by atoms with E-state index in [4.69, 9.17) is 18.3 Å². The number of rotatable bonds is 3. The highest BCUT2D eigenvalue weighted by Crippen LogP contribution is 2.20. The van der Waals surface area contributed by atoms with Crippen molar-refractivity contribution in [3.63, 3.8) is 0 Å². The van der Waals surface area contributed by atoms with Gasteiger partial charge < -0.3 is 18.3 Å². The molecule has 0 radical (unpaired) electrons. The van der Waals surface area contributed by atoms with Crippen LogP contribution in [0.25, 0.3) is 0 Å². The molecule has 0 amide bonds. The van der Waals surface area contributed by atoms with Gasteiger partial charge >= 0.3 is 8.56 Å². The van der Waals surface area contributed by atoms with Crippen LogP contribution in [-0.4, -0.2) is 72.7 Å². The lowest BCUT2D eigenvalue weighted by atomic mass is 10.3. The molecule has 2 atom stereocenters. The molecule has 2 aliphatic heterocycles. The summed E-state index contributed by atoms with van der Waals surface area (Å²) in [6.07, 6.45) is 1.18. The predicted octanol–water partition coefficient (Wildman–Crippen LogP) is 0.843. The number of morpholine rings is 1. The van der Waals surface area contributed by atoms with E-state index in [1.165, 1.54) is 0 Å². The molecule has 2 heterocycles. The lowest BCUT2D eigenvalue weighted by molar-refractivity contribution is -0.0224. The third kappa shape index (κ3) is 4.29. The smallest absolute Gasteiger partial charge is 0.335 e. The van der Waals surface area contributed by atoms with Gasteiger partial charge in [-0.25, -0.2) is 0 Å². The molecule has 0 saturated carbocycles. The van der Waals surface area contributed by atoms with Gasteiger partial charge in [-0.2, -0.15) is 0 Å². The van der Waals surface area contributed by atoms with E-state index in [0.717, 1.165) is 51.9 Å². The van der Waals surface area contributed by atoms with Crippen molar-refractivity contribution in [3.8, 4) is 0 Å². The molecule has 5 nitrogen and oxygen atoms in total. The zero-order valence-corrected chi connectivity index (χ0v) is 12.5. The van der Waals surface area contributed by atoms with Gasteiger partial charge in [-0.05, 0) is 19.0 Å². The maximum Gasteiger partial charge on any atom is 0.335 e. The summed E-state index contributed by atoms with van der Waals surface area (Å²) in [7, 11) is -0.200. The van der Waals surface area contributed by atoms with Gasteiger partial charge in [0.15, 0.2) is 0 Å². The molecule has 0 aromatic carbocycles. The van der Waals surface area contributed by atoms with Gasteiger partial charge in [0.05, 0.1) is 25.9 Å². The molecule has 106 valence electrons. The Balaban J connectivity index is 1.87. The van der Waals surface area contributed by atoms with E-state index in [1.54, 1.807) is 7.11 Å². The third-order valence-electron chi connectivity index (χ3n) is 3.64. The summed E-state index contributed by atoms with van der Waals surface area (Å²) in [5.74, 6) is 0. The molecular weight excluding hydrogens is 250 g/mol. The van der Waals surface area contributed by atoms with Crippen molar-refractivity contribution >= 4 is 8.56 Å². The molecular formula is C12H25NO4Si. The first-order chi connectivity index (χ1) is 8.72. The SMILES string of the molecule is CO[Si]1(C)CCCOCC(CN2CCOCC2)O1. The summed E-state index contributed by atoms with van der Waals surface area (Å²) in [5.41, 5.74) is 0. The van der Waals surface area contributed by atoms with Crippen LogP contribution in [0.4, 0.5) is 0 Å². The van der Waals surface area contributed by atoms with E-state index in [9.17, 15) is 0 Å². The first kappa shape index (κ1) is 14.4. The second kappa shape index (κ2) is 6.98. The summed E-state index contributed by atoms with van der Waals surface area (Å²) in [6.45, 7) is 8.23. The molecule has 18 heavy (non-hydrogen) atoms. The van der Waals surface area contributed by atoms with E-state index in [-0.39, 0.29) is 6.10 Å². The Hall–Kier alpha value is 0.0169. The highest BCUT2D eigenvalue weighted by Gasteiger charge is 2.35. The van der Waals surface area contributed by atoms with E-state index in [1.807, 2.05) is 0 Å². The first-order valence-electron chi connectivity index (χ1n) is 6.83. The van der Waals surface area contributed by atoms with Crippen LogP contribution in [0, 0.1) is 0 Å². The molecule has 2 saturated heterocycles. The van der Waals surface area contributed by atoms with Crippen LogP contribution in [0.2, 0.25) is 12.6 Å². The minimum atomic E-state index is -1.98. The van der Waals surface area contributed by atoms with Gasteiger partial charge in [0.2, 0.25) is 0 Å². The quantitative estimate of drug-likeness (QED) is 0.714. The topological polar surface area (TPSA) is 40.2 Å². The Morgan fingerprint density at radius 3 is 2.72 bits per heavy atom. The van der Waals surface area contributed by atoms with Crippen molar-refractivity contribution < 1.29 is 18.3 Å². The zero-order valence-electron chi connectivity index (χ0n) is 11.5. The second-order valence-electron chi connectivity index (χ2n) is 5.17. The van der Waals surface area contributed by atoms with E-state index in [0.29, 0.717) is 6.61 Å². The fraction of sp³-hybridized carbons (Fsp3) is 1.00. The van der Waals surface area contributed by atoms with Crippen LogP contribution < -0.4 is 0 Å². The first-order valence-corrected chi connectivity index (χ1v) is 9.35. The van der Waals surface area contributed by atoms with Crippen LogP contribution in [0.15, 0.2) is 0 Å². The molecule has 2 rings (SSSR count). The van der Waals surface area contributed by atoms with Gasteiger partial charge in [-0.3, -0.25) is 4.90 Å². The van der Waals surface area contributed by atoms with E-state index in [2.05, 4.69) is 11.4 Å². The summed E-state index contributed by atoms with van der Waals surface area (Å²) in [4.78, 5) is 2.39. The van der Waals surface area contributed by atoms with Gasteiger partial charge in [0.25, 0.3) is 0 Å². The molecule has 2 unspecified atom stereocenters. The van der Waals surface area contributed by atoms with Gasteiger partial charge in [0.1, 0.15) is 0 Å². The lowest BCUT2D eigenvalue weighted by Crippen LogP contribution is -2.50. The standard InChI is InChI=1S/C12H25NO4Si/c1-14-18(2)9-3-6-16-11-12(17-18)10-13-4-7-15-8-5-13/h12H,3-11H2,1-2H3. The Bertz CT molecular complexity index is 250. The van der Waals surface area contributed by atoms with Gasteiger partial charge in [0, 0.05) is 33.4 Å². The molecule has 2 aliphatic rings. The largest absolute Gasteiger partial charge is 0.398 e. The Morgan fingerprint density at radius 2 is 2.00 bits per heavy atom. The lowest BCUT2D eigenvalue weighted by Gasteiger charge is -2.36. The summed E-state index contributed by atoms with van der Waals surface area (Å²) < 4.78 is 22.9. The van der Waals surface area contributed by atoms with Crippen LogP contribution in [0.5, 0.6) is 0 Å². The Kier molecular flexibility index (Phi) is 5.59. The van der Waals surface area contributed by atoms with Crippen molar-refractivity contribution in [2.45, 2.75) is 25.1 Å². The van der Waals surface area contributed by atoms with Crippen molar-refractivity contribution in [1.29, 1.82) is 0 Å². The predicted molar refractivity (Wildman–Crippen MR) is 71.0 cm³/mol. The molecule has 0 aliphatic carbocycles. The Labute approximate surface area is 111 Å². The number of hydrogen-bond donors (Lipinski definition) is 0. The van der Waals surface area contributed by atoms with E-state index < -0.39 is 8.56 Å². The number of nitrogens with zero attached hydrogens (tertiary/aromatic N) is 1. The molecule has 2 fully saturated rings. The van der Waals surface area contributed by atoms with Crippen molar-refractivity contribution in [2.75, 3.05) is 53.2 Å². The monoisotopic (exact) mass is 275 g/mol. The molecule has 0 aromatic heterocycles. The second-order valence-corrected chi connectivity index (χ2v) is 8.58. The fourth-order valence-corrected chi connectivity index (χ4v) is 4.52. The van der Waals surface area contributed by atoms with Crippen molar-refractivity contribution in [3.05, 3.63) is 0 Å². The average Bonchev–Trinajstić information content (AvgIpc) is 2.37. The Morgan fingerprint density at radius 1 is 1.22 bits per heavy atom. The van der Waals surface area contributed by atoms with Crippen LogP contribution in [0.1, 0.15) is 6.42 Å².